The number of nitrogens with one attached hydrogen (secondary N) is 3. The molecule has 6 heterocycles. The number of H-pyrrole nitrogens is 2. The maximum Gasteiger partial charge on any atom is 0.407 e. The van der Waals surface area contributed by atoms with Crippen LogP contribution in [-0.4, -0.2) is 91.3 Å². The molecule has 0 radical (unpaired) electrons. The number of methoxy groups -OCH3 is 1. The van der Waals surface area contributed by atoms with Crippen molar-refractivity contribution in [1.29, 1.82) is 0 Å². The van der Waals surface area contributed by atoms with Crippen molar-refractivity contribution >= 4 is 46.6 Å². The fraction of sp³-hybridized carbons (Fsp3) is 0.317. The lowest BCUT2D eigenvalue weighted by Gasteiger charge is -2.28. The average molecular weight is 771 g/mol. The van der Waals surface area contributed by atoms with Crippen LogP contribution in [0.2, 0.25) is 0 Å². The molecule has 0 bridgehead atoms. The lowest BCUT2D eigenvalue weighted by molar-refractivity contribution is -0.188. The molecule has 3 amide bonds. The van der Waals surface area contributed by atoms with E-state index in [2.05, 4.69) is 30.1 Å². The lowest BCUT2D eigenvalue weighted by atomic mass is 10.1. The van der Waals surface area contributed by atoms with Crippen molar-refractivity contribution in [2.75, 3.05) is 27.3 Å². The van der Waals surface area contributed by atoms with Gasteiger partial charge in [-0.3, -0.25) is 9.59 Å². The monoisotopic (exact) mass is 770 g/mol. The highest BCUT2D eigenvalue weighted by atomic mass is 17.2. The predicted molar refractivity (Wildman–Crippen MR) is 208 cm³/mol. The minimum atomic E-state index is -0.904. The maximum atomic E-state index is 13.9. The Hall–Kier alpha value is -6.68. The van der Waals surface area contributed by atoms with Gasteiger partial charge < -0.3 is 34.7 Å². The molecule has 0 saturated carbocycles. The Balaban J connectivity index is 0.982. The van der Waals surface area contributed by atoms with Crippen molar-refractivity contribution < 1.29 is 28.9 Å². The molecule has 0 aliphatic carbocycles. The summed E-state index contributed by atoms with van der Waals surface area (Å²) in [4.78, 5) is 83.6. The molecule has 2 aliphatic heterocycles. The first-order chi connectivity index (χ1) is 27.9. The summed E-state index contributed by atoms with van der Waals surface area (Å²) in [7, 11) is 2.65. The standard InChI is InChI=1S/C41H42N10O6/c1-55-41(54)47-34(27-13-7-4-8-14-27)40(53)51-20-10-15-31(51)37-45-29-18-17-28(44-36(29)49-37)21-25-22-30-35(42-23-25)48-38(46-30)32-16-9-19-50(32)39(52)33(43-24-57-56-2)26-11-5-3-6-12-26/h3-8,11-14,17-18,22-24,31-34H,9-10,15-16,19-21H2,1-2H3,(H,47,54)(H,42,46,48)(H,44,45,49)/t31-,32-,33+,34?/m0/s1. The quantitative estimate of drug-likeness (QED) is 0.0612. The molecule has 16 nitrogen and oxygen atoms in total. The highest BCUT2D eigenvalue weighted by Crippen LogP contribution is 2.36. The Bertz CT molecular complexity index is 2400. The number of ether oxygens (including phenoxy) is 1. The van der Waals surface area contributed by atoms with Crippen molar-refractivity contribution in [2.45, 2.75) is 56.3 Å². The van der Waals surface area contributed by atoms with E-state index in [-0.39, 0.29) is 23.9 Å². The van der Waals surface area contributed by atoms with Gasteiger partial charge in [0.25, 0.3) is 11.8 Å². The molecule has 0 spiro atoms. The summed E-state index contributed by atoms with van der Waals surface area (Å²) in [5, 5.41) is 2.70. The summed E-state index contributed by atoms with van der Waals surface area (Å²) in [5.41, 5.74) is 5.76. The third kappa shape index (κ3) is 7.89. The van der Waals surface area contributed by atoms with Gasteiger partial charge in [0.1, 0.15) is 17.7 Å². The number of carbonyl (C=O) groups excluding carboxylic acids is 3. The van der Waals surface area contributed by atoms with Crippen molar-refractivity contribution in [3.63, 3.8) is 0 Å². The first kappa shape index (κ1) is 37.3. The molecule has 2 aromatic carbocycles. The van der Waals surface area contributed by atoms with E-state index in [1.807, 2.05) is 83.8 Å². The first-order valence-electron chi connectivity index (χ1n) is 18.9. The lowest BCUT2D eigenvalue weighted by Crippen LogP contribution is -2.42. The number of aliphatic imine (C=N–C) groups is 1. The second kappa shape index (κ2) is 16.6. The molecule has 1 unspecified atom stereocenters. The normalized spacial score (nSPS) is 18.0. The van der Waals surface area contributed by atoms with Crippen LogP contribution in [0.5, 0.6) is 0 Å². The Morgan fingerprint density at radius 2 is 1.47 bits per heavy atom. The molecular formula is C41H42N10O6. The molecular weight excluding hydrogens is 729 g/mol. The number of amides is 3. The average Bonchev–Trinajstić information content (AvgIpc) is 4.07. The fourth-order valence-electron chi connectivity index (χ4n) is 7.75. The number of likely N-dealkylation sites (tertiary alicyclic amines) is 2. The molecule has 292 valence electrons. The van der Waals surface area contributed by atoms with Crippen molar-refractivity contribution in [2.24, 2.45) is 4.99 Å². The summed E-state index contributed by atoms with van der Waals surface area (Å²) in [6.07, 6.45) is 5.82. The molecule has 8 rings (SSSR count). The topological polar surface area (TPSA) is 193 Å². The minimum absolute atomic E-state index is 0.157. The number of aromatic nitrogens is 6. The number of hydrogen-bond acceptors (Lipinski definition) is 11. The van der Waals surface area contributed by atoms with Crippen molar-refractivity contribution in [3.8, 4) is 0 Å². The number of nitrogens with zero attached hydrogens (tertiary/aromatic N) is 7. The molecule has 57 heavy (non-hydrogen) atoms. The van der Waals surface area contributed by atoms with Gasteiger partial charge in [-0.2, -0.15) is 4.89 Å². The van der Waals surface area contributed by atoms with Crippen LogP contribution in [0.15, 0.2) is 90.1 Å². The van der Waals surface area contributed by atoms with Crippen LogP contribution in [-0.2, 0) is 30.5 Å². The summed E-state index contributed by atoms with van der Waals surface area (Å²) in [6, 6.07) is 22.1. The zero-order chi connectivity index (χ0) is 39.3. The molecule has 4 atom stereocenters. The van der Waals surface area contributed by atoms with E-state index in [0.717, 1.165) is 53.5 Å². The van der Waals surface area contributed by atoms with Crippen LogP contribution < -0.4 is 5.32 Å². The van der Waals surface area contributed by atoms with Gasteiger partial charge in [-0.25, -0.2) is 29.7 Å². The zero-order valence-electron chi connectivity index (χ0n) is 31.5. The summed E-state index contributed by atoms with van der Waals surface area (Å²) < 4.78 is 4.83. The third-order valence-electron chi connectivity index (χ3n) is 10.4. The van der Waals surface area contributed by atoms with E-state index in [4.69, 9.17) is 24.6 Å². The van der Waals surface area contributed by atoms with Gasteiger partial charge in [-0.1, -0.05) is 60.7 Å². The zero-order valence-corrected chi connectivity index (χ0v) is 31.5. The number of pyridine rings is 2. The SMILES string of the molecule is COOC=N[C@@H](C(=O)N1CCC[C@H]1c1nc2ncc(Cc3ccc4[nH]c([C@@H]5CCCN5C(=O)C(NC(=O)OC)c5ccccc5)nc4n3)cc2[nH]1)c1ccccc1. The Morgan fingerprint density at radius 3 is 2.16 bits per heavy atom. The number of imidazole rings is 2. The van der Waals surface area contributed by atoms with Crippen LogP contribution in [0.4, 0.5) is 4.79 Å². The first-order valence-corrected chi connectivity index (χ1v) is 18.9. The molecule has 3 N–H and O–H groups in total. The Labute approximate surface area is 327 Å². The number of aromatic amines is 2. The smallest absolute Gasteiger partial charge is 0.407 e. The van der Waals surface area contributed by atoms with Gasteiger partial charge in [-0.05, 0) is 60.6 Å². The van der Waals surface area contributed by atoms with E-state index in [1.54, 1.807) is 11.1 Å². The van der Waals surface area contributed by atoms with Crippen molar-refractivity contribution in [1.82, 2.24) is 45.0 Å². The van der Waals surface area contributed by atoms with Crippen LogP contribution in [0.1, 0.15) is 83.9 Å². The number of rotatable bonds is 12. The van der Waals surface area contributed by atoms with Gasteiger partial charge in [0.15, 0.2) is 17.3 Å². The van der Waals surface area contributed by atoms with E-state index >= 15 is 0 Å². The molecule has 2 fully saturated rings. The highest BCUT2D eigenvalue weighted by Gasteiger charge is 2.38. The van der Waals surface area contributed by atoms with Gasteiger partial charge in [0.2, 0.25) is 6.40 Å². The number of carbonyl (C=O) groups is 3. The summed E-state index contributed by atoms with van der Waals surface area (Å²) >= 11 is 0. The molecule has 2 saturated heterocycles. The Morgan fingerprint density at radius 1 is 0.825 bits per heavy atom. The number of hydrogen-bond donors (Lipinski definition) is 3. The maximum absolute atomic E-state index is 13.9. The number of fused-ring (bicyclic) bond motifs is 2. The van der Waals surface area contributed by atoms with E-state index in [0.29, 0.717) is 54.4 Å². The van der Waals surface area contributed by atoms with Crippen LogP contribution >= 0.6 is 0 Å². The minimum Gasteiger partial charge on any atom is -0.453 e. The molecule has 6 aromatic rings. The van der Waals surface area contributed by atoms with E-state index in [1.165, 1.54) is 14.2 Å². The van der Waals surface area contributed by atoms with Gasteiger partial charge in [0, 0.05) is 31.4 Å². The summed E-state index contributed by atoms with van der Waals surface area (Å²) in [6.45, 7) is 1.10. The second-order valence-corrected chi connectivity index (χ2v) is 14.0. The van der Waals surface area contributed by atoms with Gasteiger partial charge >= 0.3 is 6.09 Å². The van der Waals surface area contributed by atoms with E-state index < -0.39 is 18.2 Å². The van der Waals surface area contributed by atoms with Crippen LogP contribution in [0.3, 0.4) is 0 Å². The van der Waals surface area contributed by atoms with E-state index in [9.17, 15) is 14.4 Å². The largest absolute Gasteiger partial charge is 0.453 e. The highest BCUT2D eigenvalue weighted by molar-refractivity contribution is 5.88. The van der Waals surface area contributed by atoms with Gasteiger partial charge in [0.05, 0.1) is 37.3 Å². The van der Waals surface area contributed by atoms with Crippen LogP contribution in [0.25, 0.3) is 22.3 Å². The predicted octanol–water partition coefficient (Wildman–Crippen LogP) is 5.59. The van der Waals surface area contributed by atoms with Gasteiger partial charge in [-0.15, -0.1) is 0 Å². The molecule has 16 heteroatoms. The second-order valence-electron chi connectivity index (χ2n) is 14.0. The van der Waals surface area contributed by atoms with Crippen LogP contribution in [0, 0.1) is 0 Å². The third-order valence-corrected chi connectivity index (χ3v) is 10.4. The fourth-order valence-corrected chi connectivity index (χ4v) is 7.75. The molecule has 2 aliphatic rings. The molecule has 4 aromatic heterocycles. The van der Waals surface area contributed by atoms with Crippen molar-refractivity contribution in [3.05, 3.63) is 119 Å². The number of alkyl carbamates (subject to hydrolysis) is 1. The Kier molecular flexibility index (Phi) is 10.8. The summed E-state index contributed by atoms with van der Waals surface area (Å²) in [5.74, 6) is 0.918. The number of benzene rings is 2.